The lowest BCUT2D eigenvalue weighted by Gasteiger charge is -2.18. The lowest BCUT2D eigenvalue weighted by atomic mass is 10.0. The minimum absolute atomic E-state index is 0.196. The Morgan fingerprint density at radius 1 is 1.12 bits per heavy atom. The van der Waals surface area contributed by atoms with Gasteiger partial charge in [0.1, 0.15) is 11.6 Å². The van der Waals surface area contributed by atoms with Gasteiger partial charge in [0, 0.05) is 36.1 Å². The third kappa shape index (κ3) is 4.49. The zero-order valence-corrected chi connectivity index (χ0v) is 18.9. The van der Waals surface area contributed by atoms with Gasteiger partial charge in [-0.2, -0.15) is 4.98 Å². The Labute approximate surface area is 195 Å². The number of aromatic nitrogens is 5. The van der Waals surface area contributed by atoms with Gasteiger partial charge in [-0.1, -0.05) is 0 Å². The summed E-state index contributed by atoms with van der Waals surface area (Å²) in [7, 11) is 0. The number of fused-ring (bicyclic) bond motifs is 1. The molecule has 1 saturated carbocycles. The second-order valence-corrected chi connectivity index (χ2v) is 9.14. The molecule has 0 saturated heterocycles. The molecule has 10 heteroatoms. The summed E-state index contributed by atoms with van der Waals surface area (Å²) in [5.41, 5.74) is -0.0806. The van der Waals surface area contributed by atoms with Crippen LogP contribution in [0.15, 0.2) is 59.8 Å². The molecule has 4 aromatic heterocycles. The van der Waals surface area contributed by atoms with Crippen LogP contribution in [0.1, 0.15) is 38.7 Å². The molecule has 0 bridgehead atoms. The molecule has 0 amide bonds. The molecule has 4 heterocycles. The summed E-state index contributed by atoms with van der Waals surface area (Å²) in [6.45, 7) is 3.18. The molecule has 3 N–H and O–H groups in total. The van der Waals surface area contributed by atoms with E-state index in [2.05, 4.69) is 25.7 Å². The Bertz CT molecular complexity index is 1370. The SMILES string of the molecule is CC(C)(O)c1cccn(-c2ccc(N[C@H]3CC[C@H](Nc4nc5cc(F)ccn5n4)C3)nc2)c1=O. The largest absolute Gasteiger partial charge is 0.386 e. The normalized spacial score (nSPS) is 18.4. The summed E-state index contributed by atoms with van der Waals surface area (Å²) >= 11 is 0. The van der Waals surface area contributed by atoms with Gasteiger partial charge in [-0.15, -0.1) is 5.10 Å². The first-order chi connectivity index (χ1) is 16.3. The summed E-state index contributed by atoms with van der Waals surface area (Å²) in [5, 5.41) is 21.4. The van der Waals surface area contributed by atoms with Gasteiger partial charge in [0.2, 0.25) is 5.95 Å². The molecule has 9 nitrogen and oxygen atoms in total. The zero-order chi connectivity index (χ0) is 23.9. The second-order valence-electron chi connectivity index (χ2n) is 9.14. The topological polar surface area (TPSA) is 109 Å². The van der Waals surface area contributed by atoms with E-state index in [1.807, 2.05) is 12.1 Å². The van der Waals surface area contributed by atoms with Crippen molar-refractivity contribution in [2.45, 2.75) is 50.8 Å². The summed E-state index contributed by atoms with van der Waals surface area (Å²) in [5.74, 6) is 0.866. The van der Waals surface area contributed by atoms with E-state index in [1.54, 1.807) is 49.1 Å². The average molecular weight is 464 g/mol. The third-order valence-corrected chi connectivity index (χ3v) is 6.05. The maximum absolute atomic E-state index is 13.4. The van der Waals surface area contributed by atoms with Crippen LogP contribution in [-0.4, -0.2) is 41.3 Å². The molecular formula is C24H26FN7O2. The van der Waals surface area contributed by atoms with Crippen LogP contribution in [0.4, 0.5) is 16.2 Å². The van der Waals surface area contributed by atoms with Crippen molar-refractivity contribution in [3.05, 3.63) is 76.7 Å². The molecule has 34 heavy (non-hydrogen) atoms. The van der Waals surface area contributed by atoms with Crippen molar-refractivity contribution < 1.29 is 9.50 Å². The fraction of sp³-hybridized carbons (Fsp3) is 0.333. The van der Waals surface area contributed by atoms with Crippen molar-refractivity contribution in [3.63, 3.8) is 0 Å². The van der Waals surface area contributed by atoms with Gasteiger partial charge in [0.05, 0.1) is 17.5 Å². The van der Waals surface area contributed by atoms with Crippen molar-refractivity contribution >= 4 is 17.4 Å². The van der Waals surface area contributed by atoms with Crippen LogP contribution in [-0.2, 0) is 5.60 Å². The standard InChI is InChI=1S/C24H26FN7O2/c1-24(2,34)19-4-3-10-31(22(19)33)18-7-8-20(26-14-18)27-16-5-6-17(13-16)28-23-29-21-12-15(25)9-11-32(21)30-23/h3-4,7-12,14,16-17,34H,5-6,13H2,1-2H3,(H,26,27)(H,28,30)/t16-,17-/m0/s1. The number of hydrogen-bond acceptors (Lipinski definition) is 7. The average Bonchev–Trinajstić information content (AvgIpc) is 3.39. The van der Waals surface area contributed by atoms with Crippen molar-refractivity contribution in [1.82, 2.24) is 24.1 Å². The van der Waals surface area contributed by atoms with Gasteiger partial charge >= 0.3 is 0 Å². The quantitative estimate of drug-likeness (QED) is 0.403. The second kappa shape index (κ2) is 8.53. The van der Waals surface area contributed by atoms with Crippen LogP contribution in [0.3, 0.4) is 0 Å². The van der Waals surface area contributed by atoms with Crippen LogP contribution in [0.5, 0.6) is 0 Å². The highest BCUT2D eigenvalue weighted by atomic mass is 19.1. The molecule has 0 aliphatic heterocycles. The summed E-state index contributed by atoms with van der Waals surface area (Å²) in [4.78, 5) is 21.6. The van der Waals surface area contributed by atoms with Crippen LogP contribution in [0.25, 0.3) is 11.3 Å². The minimum Gasteiger partial charge on any atom is -0.386 e. The van der Waals surface area contributed by atoms with Gasteiger partial charge in [-0.3, -0.25) is 9.36 Å². The molecule has 0 radical (unpaired) electrons. The van der Waals surface area contributed by atoms with Crippen molar-refractivity contribution in [2.24, 2.45) is 0 Å². The lowest BCUT2D eigenvalue weighted by Crippen LogP contribution is -2.30. The molecule has 176 valence electrons. The van der Waals surface area contributed by atoms with Crippen molar-refractivity contribution in [1.29, 1.82) is 0 Å². The summed E-state index contributed by atoms with van der Waals surface area (Å²) in [6, 6.07) is 10.2. The smallest absolute Gasteiger partial charge is 0.261 e. The maximum atomic E-state index is 13.4. The van der Waals surface area contributed by atoms with E-state index < -0.39 is 5.60 Å². The van der Waals surface area contributed by atoms with Crippen LogP contribution in [0, 0.1) is 5.82 Å². The molecule has 1 fully saturated rings. The fourth-order valence-electron chi connectivity index (χ4n) is 4.33. The Hall–Kier alpha value is -3.79. The third-order valence-electron chi connectivity index (χ3n) is 6.05. The first kappa shape index (κ1) is 22.0. The van der Waals surface area contributed by atoms with Gasteiger partial charge < -0.3 is 15.7 Å². The van der Waals surface area contributed by atoms with Gasteiger partial charge in [-0.25, -0.2) is 13.9 Å². The Morgan fingerprint density at radius 3 is 2.65 bits per heavy atom. The Morgan fingerprint density at radius 2 is 1.91 bits per heavy atom. The number of halogens is 1. The predicted octanol–water partition coefficient (Wildman–Crippen LogP) is 3.09. The highest BCUT2D eigenvalue weighted by molar-refractivity contribution is 5.45. The van der Waals surface area contributed by atoms with E-state index in [0.717, 1.165) is 25.1 Å². The number of nitrogens with zero attached hydrogens (tertiary/aromatic N) is 5. The molecule has 0 unspecified atom stereocenters. The van der Waals surface area contributed by atoms with Gasteiger partial charge in [-0.05, 0) is 63.4 Å². The maximum Gasteiger partial charge on any atom is 0.261 e. The van der Waals surface area contributed by atoms with E-state index in [9.17, 15) is 14.3 Å². The van der Waals surface area contributed by atoms with E-state index in [0.29, 0.717) is 22.8 Å². The van der Waals surface area contributed by atoms with Crippen molar-refractivity contribution in [3.8, 4) is 5.69 Å². The molecular weight excluding hydrogens is 437 g/mol. The number of rotatable bonds is 6. The highest BCUT2D eigenvalue weighted by Crippen LogP contribution is 2.25. The molecule has 1 aliphatic rings. The van der Waals surface area contributed by atoms with Crippen LogP contribution < -0.4 is 16.2 Å². The molecule has 2 atom stereocenters. The number of anilines is 2. The molecule has 0 spiro atoms. The zero-order valence-electron chi connectivity index (χ0n) is 18.9. The lowest BCUT2D eigenvalue weighted by molar-refractivity contribution is 0.0768. The van der Waals surface area contributed by atoms with Gasteiger partial charge in [0.15, 0.2) is 5.65 Å². The minimum atomic E-state index is -1.23. The van der Waals surface area contributed by atoms with Crippen LogP contribution >= 0.6 is 0 Å². The van der Waals surface area contributed by atoms with Gasteiger partial charge in [0.25, 0.3) is 5.56 Å². The Kier molecular flexibility index (Phi) is 5.52. The number of hydrogen-bond donors (Lipinski definition) is 3. The number of aliphatic hydroxyl groups is 1. The first-order valence-corrected chi connectivity index (χ1v) is 11.2. The summed E-state index contributed by atoms with van der Waals surface area (Å²) < 4.78 is 16.4. The summed E-state index contributed by atoms with van der Waals surface area (Å²) in [6.07, 6.45) is 7.61. The van der Waals surface area contributed by atoms with E-state index in [-0.39, 0.29) is 23.5 Å². The van der Waals surface area contributed by atoms with Crippen LogP contribution in [0.2, 0.25) is 0 Å². The van der Waals surface area contributed by atoms with E-state index >= 15 is 0 Å². The predicted molar refractivity (Wildman–Crippen MR) is 127 cm³/mol. The monoisotopic (exact) mass is 463 g/mol. The first-order valence-electron chi connectivity index (χ1n) is 11.2. The number of pyridine rings is 3. The number of nitrogens with one attached hydrogen (secondary N) is 2. The molecule has 5 rings (SSSR count). The molecule has 0 aromatic carbocycles. The molecule has 4 aromatic rings. The Balaban J connectivity index is 1.22. The molecule has 1 aliphatic carbocycles. The highest BCUT2D eigenvalue weighted by Gasteiger charge is 2.26. The van der Waals surface area contributed by atoms with E-state index in [4.69, 9.17) is 0 Å². The van der Waals surface area contributed by atoms with Crippen molar-refractivity contribution in [2.75, 3.05) is 10.6 Å². The van der Waals surface area contributed by atoms with E-state index in [1.165, 1.54) is 16.7 Å². The fourth-order valence-corrected chi connectivity index (χ4v) is 4.33.